The summed E-state index contributed by atoms with van der Waals surface area (Å²) in [5.41, 5.74) is 1.47. The molecule has 0 unspecified atom stereocenters. The van der Waals surface area contributed by atoms with Gasteiger partial charge in [-0.15, -0.1) is 0 Å². The standard InChI is InChI=1S/C12H21NO2/c1-8(6-9(14)15)7-13-10-11(2,3)12(10,4)5/h6,10,13H,7H2,1-5H3,(H,14,15). The number of carboxylic acids is 1. The van der Waals surface area contributed by atoms with Gasteiger partial charge in [0.25, 0.3) is 0 Å². The van der Waals surface area contributed by atoms with Gasteiger partial charge in [0.15, 0.2) is 0 Å². The zero-order valence-electron chi connectivity index (χ0n) is 10.2. The lowest BCUT2D eigenvalue weighted by Crippen LogP contribution is -2.24. The van der Waals surface area contributed by atoms with Gasteiger partial charge in [0, 0.05) is 18.7 Å². The van der Waals surface area contributed by atoms with E-state index < -0.39 is 5.97 Å². The van der Waals surface area contributed by atoms with Crippen molar-refractivity contribution in [1.82, 2.24) is 5.32 Å². The van der Waals surface area contributed by atoms with Crippen LogP contribution in [-0.2, 0) is 4.79 Å². The first-order chi connectivity index (χ1) is 6.69. The van der Waals surface area contributed by atoms with Crippen LogP contribution in [0.2, 0.25) is 0 Å². The van der Waals surface area contributed by atoms with Gasteiger partial charge < -0.3 is 10.4 Å². The molecule has 1 fully saturated rings. The van der Waals surface area contributed by atoms with Gasteiger partial charge in [-0.2, -0.15) is 0 Å². The normalized spacial score (nSPS) is 23.9. The molecule has 0 aromatic carbocycles. The molecule has 3 heteroatoms. The van der Waals surface area contributed by atoms with Crippen molar-refractivity contribution in [3.63, 3.8) is 0 Å². The fourth-order valence-corrected chi connectivity index (χ4v) is 2.23. The number of carboxylic acid groups (broad SMARTS) is 1. The summed E-state index contributed by atoms with van der Waals surface area (Å²) in [7, 11) is 0. The Morgan fingerprint density at radius 2 is 1.80 bits per heavy atom. The Kier molecular flexibility index (Phi) is 2.97. The van der Waals surface area contributed by atoms with Crippen molar-refractivity contribution in [3.05, 3.63) is 11.6 Å². The monoisotopic (exact) mass is 211 g/mol. The zero-order valence-corrected chi connectivity index (χ0v) is 10.2. The van der Waals surface area contributed by atoms with E-state index in [0.29, 0.717) is 23.4 Å². The van der Waals surface area contributed by atoms with Crippen molar-refractivity contribution in [2.45, 2.75) is 40.7 Å². The highest BCUT2D eigenvalue weighted by Crippen LogP contribution is 2.62. The minimum Gasteiger partial charge on any atom is -0.478 e. The van der Waals surface area contributed by atoms with Crippen LogP contribution in [0.3, 0.4) is 0 Å². The molecule has 86 valence electrons. The SMILES string of the molecule is CC(=CC(=O)O)CNC1C(C)(C)C1(C)C. The molecule has 1 rings (SSSR count). The fourth-order valence-electron chi connectivity index (χ4n) is 2.23. The van der Waals surface area contributed by atoms with Crippen molar-refractivity contribution in [2.75, 3.05) is 6.54 Å². The van der Waals surface area contributed by atoms with Gasteiger partial charge in [-0.1, -0.05) is 33.3 Å². The smallest absolute Gasteiger partial charge is 0.328 e. The predicted molar refractivity (Wildman–Crippen MR) is 60.7 cm³/mol. The highest BCUT2D eigenvalue weighted by Gasteiger charge is 2.64. The fraction of sp³-hybridized carbons (Fsp3) is 0.750. The Bertz CT molecular complexity index is 289. The first-order valence-electron chi connectivity index (χ1n) is 5.33. The summed E-state index contributed by atoms with van der Waals surface area (Å²) in [6, 6.07) is 0.474. The number of aliphatic carboxylic acids is 1. The average molecular weight is 211 g/mol. The quantitative estimate of drug-likeness (QED) is 0.700. The van der Waals surface area contributed by atoms with Crippen LogP contribution in [0.15, 0.2) is 11.6 Å². The van der Waals surface area contributed by atoms with Crippen LogP contribution >= 0.6 is 0 Å². The van der Waals surface area contributed by atoms with Crippen LogP contribution in [0.25, 0.3) is 0 Å². The Hall–Kier alpha value is -0.830. The summed E-state index contributed by atoms with van der Waals surface area (Å²) in [6.07, 6.45) is 1.26. The van der Waals surface area contributed by atoms with E-state index in [9.17, 15) is 4.79 Å². The highest BCUT2D eigenvalue weighted by molar-refractivity contribution is 5.80. The minimum absolute atomic E-state index is 0.302. The van der Waals surface area contributed by atoms with E-state index in [0.717, 1.165) is 5.57 Å². The summed E-state index contributed by atoms with van der Waals surface area (Å²) in [5.74, 6) is -0.872. The van der Waals surface area contributed by atoms with E-state index in [-0.39, 0.29) is 0 Å². The summed E-state index contributed by atoms with van der Waals surface area (Å²) in [5, 5.41) is 12.0. The van der Waals surface area contributed by atoms with Gasteiger partial charge >= 0.3 is 5.97 Å². The van der Waals surface area contributed by atoms with Crippen LogP contribution < -0.4 is 5.32 Å². The maximum Gasteiger partial charge on any atom is 0.328 e. The molecule has 3 nitrogen and oxygen atoms in total. The summed E-state index contributed by atoms with van der Waals surface area (Å²) >= 11 is 0. The lowest BCUT2D eigenvalue weighted by atomic mass is 10.0. The van der Waals surface area contributed by atoms with Crippen molar-refractivity contribution in [2.24, 2.45) is 10.8 Å². The van der Waals surface area contributed by atoms with Gasteiger partial charge in [0.2, 0.25) is 0 Å². The van der Waals surface area contributed by atoms with Crippen molar-refractivity contribution in [1.29, 1.82) is 0 Å². The van der Waals surface area contributed by atoms with E-state index in [1.165, 1.54) is 6.08 Å². The second kappa shape index (κ2) is 3.63. The molecule has 0 spiro atoms. The van der Waals surface area contributed by atoms with E-state index in [1.807, 2.05) is 6.92 Å². The number of nitrogens with one attached hydrogen (secondary N) is 1. The summed E-state index contributed by atoms with van der Waals surface area (Å²) < 4.78 is 0. The molecule has 0 aromatic rings. The van der Waals surface area contributed by atoms with Crippen LogP contribution in [0.4, 0.5) is 0 Å². The Balaban J connectivity index is 2.45. The van der Waals surface area contributed by atoms with Crippen LogP contribution in [-0.4, -0.2) is 23.7 Å². The second-order valence-corrected chi connectivity index (χ2v) is 5.59. The molecule has 0 amide bonds. The second-order valence-electron chi connectivity index (χ2n) is 5.59. The lowest BCUT2D eigenvalue weighted by Gasteiger charge is -2.05. The first-order valence-corrected chi connectivity index (χ1v) is 5.33. The Labute approximate surface area is 91.6 Å². The predicted octanol–water partition coefficient (Wildman–Crippen LogP) is 2.04. The molecule has 1 aliphatic rings. The molecular formula is C12H21NO2. The van der Waals surface area contributed by atoms with E-state index in [2.05, 4.69) is 33.0 Å². The minimum atomic E-state index is -0.872. The van der Waals surface area contributed by atoms with E-state index in [1.54, 1.807) is 0 Å². The van der Waals surface area contributed by atoms with Gasteiger partial charge in [-0.05, 0) is 17.8 Å². The van der Waals surface area contributed by atoms with Crippen molar-refractivity contribution in [3.8, 4) is 0 Å². The lowest BCUT2D eigenvalue weighted by molar-refractivity contribution is -0.131. The van der Waals surface area contributed by atoms with Crippen molar-refractivity contribution < 1.29 is 9.90 Å². The molecule has 0 aliphatic heterocycles. The molecule has 15 heavy (non-hydrogen) atoms. The number of carbonyl (C=O) groups is 1. The largest absolute Gasteiger partial charge is 0.478 e. The molecular weight excluding hydrogens is 190 g/mol. The Morgan fingerprint density at radius 1 is 1.33 bits per heavy atom. The third kappa shape index (κ3) is 2.23. The highest BCUT2D eigenvalue weighted by atomic mass is 16.4. The molecule has 0 heterocycles. The van der Waals surface area contributed by atoms with E-state index >= 15 is 0 Å². The zero-order chi connectivity index (χ0) is 11.9. The number of hydrogen-bond donors (Lipinski definition) is 2. The molecule has 2 N–H and O–H groups in total. The number of hydrogen-bond acceptors (Lipinski definition) is 2. The third-order valence-corrected chi connectivity index (χ3v) is 3.98. The van der Waals surface area contributed by atoms with E-state index in [4.69, 9.17) is 5.11 Å². The maximum absolute atomic E-state index is 10.4. The van der Waals surface area contributed by atoms with Crippen molar-refractivity contribution >= 4 is 5.97 Å². The summed E-state index contributed by atoms with van der Waals surface area (Å²) in [6.45, 7) is 11.4. The Morgan fingerprint density at radius 3 is 2.13 bits per heavy atom. The molecule has 0 aromatic heterocycles. The van der Waals surface area contributed by atoms with Crippen LogP contribution in [0.1, 0.15) is 34.6 Å². The maximum atomic E-state index is 10.4. The third-order valence-electron chi connectivity index (χ3n) is 3.98. The first kappa shape index (κ1) is 12.2. The van der Waals surface area contributed by atoms with Gasteiger partial charge in [0.1, 0.15) is 0 Å². The van der Waals surface area contributed by atoms with Gasteiger partial charge in [0.05, 0.1) is 0 Å². The molecule has 1 saturated carbocycles. The van der Waals surface area contributed by atoms with Gasteiger partial charge in [-0.25, -0.2) is 4.79 Å². The summed E-state index contributed by atoms with van der Waals surface area (Å²) in [4.78, 5) is 10.4. The van der Waals surface area contributed by atoms with Crippen LogP contribution in [0, 0.1) is 10.8 Å². The average Bonchev–Trinajstić information content (AvgIpc) is 2.38. The van der Waals surface area contributed by atoms with Crippen LogP contribution in [0.5, 0.6) is 0 Å². The number of rotatable bonds is 4. The topological polar surface area (TPSA) is 49.3 Å². The molecule has 0 saturated heterocycles. The molecule has 0 bridgehead atoms. The molecule has 0 atom stereocenters. The van der Waals surface area contributed by atoms with Gasteiger partial charge in [-0.3, -0.25) is 0 Å². The molecule has 1 aliphatic carbocycles. The molecule has 0 radical (unpaired) electrons.